The molecule has 2 fully saturated rings. The fraction of sp³-hybridized carbons (Fsp3) is 0.419. The van der Waals surface area contributed by atoms with Crippen molar-refractivity contribution in [2.24, 2.45) is 0 Å². The quantitative estimate of drug-likeness (QED) is 0.351. The number of fused-ring (bicyclic) bond motifs is 3. The molecule has 3 N–H and O–H groups in total. The number of nitrogen functional groups attached to an aromatic ring is 1. The Bertz CT molecular complexity index is 1540. The second-order valence-corrected chi connectivity index (χ2v) is 11.4. The lowest BCUT2D eigenvalue weighted by molar-refractivity contribution is 0.225. The fourth-order valence-electron chi connectivity index (χ4n) is 6.69. The summed E-state index contributed by atoms with van der Waals surface area (Å²) in [5.41, 5.74) is 11.9. The van der Waals surface area contributed by atoms with E-state index in [-0.39, 0.29) is 17.7 Å². The van der Waals surface area contributed by atoms with E-state index in [1.165, 1.54) is 48.7 Å². The third-order valence-corrected chi connectivity index (χ3v) is 8.77. The third kappa shape index (κ3) is 5.24. The van der Waals surface area contributed by atoms with E-state index in [1.807, 2.05) is 24.3 Å². The Morgan fingerprint density at radius 3 is 2.59 bits per heavy atom. The van der Waals surface area contributed by atoms with Crippen molar-refractivity contribution in [3.63, 3.8) is 0 Å². The van der Waals surface area contributed by atoms with Crippen LogP contribution in [0.5, 0.6) is 0 Å². The standard InChI is InChI=1S/C31H36FN9/c32-26-20-23(12-13-27(26)40-17-6-10-24(14-18-40)39-15-3-4-16-39)34-31-35-30(33)41(38-31)28-19-22-9-5-8-21-7-1-2-11-25(21)29(22)37-36-28/h1-2,7,11-13,19-20,24H,3-6,8-10,14-18H2,(H3,33,34,35,38). The van der Waals surface area contributed by atoms with Crippen LogP contribution < -0.4 is 16.0 Å². The zero-order valence-corrected chi connectivity index (χ0v) is 23.3. The van der Waals surface area contributed by atoms with Crippen LogP contribution in [0.25, 0.3) is 17.1 Å². The highest BCUT2D eigenvalue weighted by atomic mass is 19.1. The third-order valence-electron chi connectivity index (χ3n) is 8.77. The molecule has 10 heteroatoms. The van der Waals surface area contributed by atoms with Crippen molar-refractivity contribution >= 4 is 23.3 Å². The molecular formula is C31H36FN9. The number of hydrogen-bond acceptors (Lipinski definition) is 8. The van der Waals surface area contributed by atoms with Crippen molar-refractivity contribution in [1.29, 1.82) is 0 Å². The van der Waals surface area contributed by atoms with Crippen LogP contribution >= 0.6 is 0 Å². The molecule has 212 valence electrons. The van der Waals surface area contributed by atoms with Crippen LogP contribution in [-0.4, -0.2) is 62.1 Å². The van der Waals surface area contributed by atoms with Gasteiger partial charge in [0.15, 0.2) is 5.82 Å². The molecule has 41 heavy (non-hydrogen) atoms. The molecular weight excluding hydrogens is 517 g/mol. The number of aryl methyl sites for hydroxylation is 2. The maximum atomic E-state index is 15.3. The number of hydrogen-bond donors (Lipinski definition) is 2. The maximum absolute atomic E-state index is 15.3. The van der Waals surface area contributed by atoms with E-state index in [1.54, 1.807) is 0 Å². The van der Waals surface area contributed by atoms with E-state index in [9.17, 15) is 0 Å². The number of nitrogens with one attached hydrogen (secondary N) is 1. The van der Waals surface area contributed by atoms with E-state index in [0.717, 1.165) is 62.0 Å². The van der Waals surface area contributed by atoms with Crippen molar-refractivity contribution in [3.8, 4) is 17.1 Å². The van der Waals surface area contributed by atoms with Crippen LogP contribution in [0.1, 0.15) is 49.7 Å². The number of likely N-dealkylation sites (tertiary alicyclic amines) is 1. The smallest absolute Gasteiger partial charge is 0.248 e. The molecule has 2 aromatic heterocycles. The van der Waals surface area contributed by atoms with E-state index >= 15 is 4.39 Å². The zero-order chi connectivity index (χ0) is 27.8. The number of halogens is 1. The second-order valence-electron chi connectivity index (χ2n) is 11.4. The van der Waals surface area contributed by atoms with Crippen LogP contribution in [0.2, 0.25) is 0 Å². The minimum Gasteiger partial charge on any atom is -0.369 e. The molecule has 4 aromatic rings. The molecule has 2 aromatic carbocycles. The van der Waals surface area contributed by atoms with Crippen molar-refractivity contribution in [2.45, 2.75) is 57.4 Å². The Labute approximate surface area is 239 Å². The van der Waals surface area contributed by atoms with Crippen LogP contribution in [0.4, 0.5) is 27.7 Å². The summed E-state index contributed by atoms with van der Waals surface area (Å²) in [4.78, 5) is 9.18. The lowest BCUT2D eigenvalue weighted by atomic mass is 10.0. The highest BCUT2D eigenvalue weighted by molar-refractivity contribution is 5.68. The predicted molar refractivity (Wildman–Crippen MR) is 159 cm³/mol. The summed E-state index contributed by atoms with van der Waals surface area (Å²) in [5, 5.41) is 16.6. The summed E-state index contributed by atoms with van der Waals surface area (Å²) in [6.07, 6.45) is 8.90. The van der Waals surface area contributed by atoms with E-state index in [0.29, 0.717) is 23.2 Å². The monoisotopic (exact) mass is 553 g/mol. The topological polar surface area (TPSA) is 101 Å². The highest BCUT2D eigenvalue weighted by Crippen LogP contribution is 2.32. The summed E-state index contributed by atoms with van der Waals surface area (Å²) in [7, 11) is 0. The average Bonchev–Trinajstić information content (AvgIpc) is 3.52. The first kappa shape index (κ1) is 25.9. The summed E-state index contributed by atoms with van der Waals surface area (Å²) < 4.78 is 16.8. The van der Waals surface area contributed by atoms with Crippen LogP contribution in [0.15, 0.2) is 48.5 Å². The zero-order valence-electron chi connectivity index (χ0n) is 23.3. The van der Waals surface area contributed by atoms with Gasteiger partial charge in [0.2, 0.25) is 11.9 Å². The average molecular weight is 554 g/mol. The molecule has 4 heterocycles. The fourth-order valence-corrected chi connectivity index (χ4v) is 6.69. The molecule has 2 aliphatic heterocycles. The maximum Gasteiger partial charge on any atom is 0.248 e. The lowest BCUT2D eigenvalue weighted by Crippen LogP contribution is -2.34. The van der Waals surface area contributed by atoms with Gasteiger partial charge in [-0.1, -0.05) is 24.3 Å². The van der Waals surface area contributed by atoms with Gasteiger partial charge in [-0.3, -0.25) is 0 Å². The van der Waals surface area contributed by atoms with E-state index in [2.05, 4.69) is 53.6 Å². The van der Waals surface area contributed by atoms with Gasteiger partial charge in [0.05, 0.1) is 11.4 Å². The molecule has 0 radical (unpaired) electrons. The minimum absolute atomic E-state index is 0.185. The Hall–Kier alpha value is -4.05. The van der Waals surface area contributed by atoms with Crippen molar-refractivity contribution in [3.05, 3.63) is 65.5 Å². The van der Waals surface area contributed by atoms with Gasteiger partial charge in [0.1, 0.15) is 5.82 Å². The van der Waals surface area contributed by atoms with Crippen LogP contribution in [-0.2, 0) is 12.8 Å². The SMILES string of the molecule is Nc1nc(Nc2ccc(N3CCCC(N4CCCC4)CC3)c(F)c2)nn1-c1cc2c(nn1)-c1ccccc1CCC2. The number of nitrogens with two attached hydrogens (primary N) is 1. The Kier molecular flexibility index (Phi) is 7.00. The molecule has 1 atom stereocenters. The van der Waals surface area contributed by atoms with Gasteiger partial charge in [-0.2, -0.15) is 9.67 Å². The second kappa shape index (κ2) is 11.1. The van der Waals surface area contributed by atoms with Gasteiger partial charge in [0, 0.05) is 30.4 Å². The Morgan fingerprint density at radius 1 is 0.854 bits per heavy atom. The van der Waals surface area contributed by atoms with Gasteiger partial charge in [0.25, 0.3) is 0 Å². The van der Waals surface area contributed by atoms with Gasteiger partial charge in [-0.15, -0.1) is 15.3 Å². The summed E-state index contributed by atoms with van der Waals surface area (Å²) in [6, 6.07) is 16.2. The number of rotatable bonds is 5. The minimum atomic E-state index is -0.251. The number of anilines is 4. The Morgan fingerprint density at radius 2 is 1.71 bits per heavy atom. The van der Waals surface area contributed by atoms with Gasteiger partial charge < -0.3 is 20.9 Å². The van der Waals surface area contributed by atoms with Crippen molar-refractivity contribution in [1.82, 2.24) is 29.9 Å². The molecule has 2 saturated heterocycles. The molecule has 9 nitrogen and oxygen atoms in total. The molecule has 0 bridgehead atoms. The number of nitrogens with zero attached hydrogens (tertiary/aromatic N) is 7. The molecule has 1 aliphatic carbocycles. The number of aromatic nitrogens is 5. The van der Waals surface area contributed by atoms with Gasteiger partial charge in [-0.25, -0.2) is 4.39 Å². The molecule has 7 rings (SSSR count). The first-order valence-electron chi connectivity index (χ1n) is 14.9. The van der Waals surface area contributed by atoms with Crippen molar-refractivity contribution in [2.75, 3.05) is 42.1 Å². The predicted octanol–water partition coefficient (Wildman–Crippen LogP) is 5.13. The first-order chi connectivity index (χ1) is 20.1. The summed E-state index contributed by atoms with van der Waals surface area (Å²) in [5.74, 6) is 0.722. The van der Waals surface area contributed by atoms with E-state index < -0.39 is 0 Å². The normalized spacial score (nSPS) is 19.3. The Balaban J connectivity index is 1.06. The highest BCUT2D eigenvalue weighted by Gasteiger charge is 2.26. The lowest BCUT2D eigenvalue weighted by Gasteiger charge is -2.27. The van der Waals surface area contributed by atoms with Crippen molar-refractivity contribution < 1.29 is 4.39 Å². The molecule has 0 amide bonds. The molecule has 0 spiro atoms. The van der Waals surface area contributed by atoms with Gasteiger partial charge in [-0.05, 0) is 99.8 Å². The summed E-state index contributed by atoms with van der Waals surface area (Å²) in [6.45, 7) is 4.17. The van der Waals surface area contributed by atoms with Crippen LogP contribution in [0.3, 0.4) is 0 Å². The largest absolute Gasteiger partial charge is 0.369 e. The van der Waals surface area contributed by atoms with Gasteiger partial charge >= 0.3 is 0 Å². The summed E-state index contributed by atoms with van der Waals surface area (Å²) >= 11 is 0. The van der Waals surface area contributed by atoms with E-state index in [4.69, 9.17) is 5.73 Å². The first-order valence-corrected chi connectivity index (χ1v) is 14.9. The molecule has 1 unspecified atom stereocenters. The van der Waals surface area contributed by atoms with Crippen LogP contribution in [0, 0.1) is 5.82 Å². The number of benzene rings is 2. The molecule has 3 aliphatic rings. The molecule has 0 saturated carbocycles.